The number of aliphatic hydroxyl groups excluding tert-OH is 1. The summed E-state index contributed by atoms with van der Waals surface area (Å²) in [7, 11) is 0. The van der Waals surface area contributed by atoms with E-state index in [0.29, 0.717) is 4.90 Å². The van der Waals surface area contributed by atoms with Crippen molar-refractivity contribution in [2.75, 3.05) is 6.61 Å². The molecule has 0 spiro atoms. The maximum absolute atomic E-state index is 15.2. The van der Waals surface area contributed by atoms with Crippen LogP contribution in [-0.4, -0.2) is 76.9 Å². The molecule has 2 aliphatic heterocycles. The summed E-state index contributed by atoms with van der Waals surface area (Å²) in [6.45, 7) is -0.434. The second-order valence-corrected chi connectivity index (χ2v) is 13.3. The number of nitrogens with zero attached hydrogens (tertiary/aromatic N) is 1. The number of ketones is 1. The predicted octanol–water partition coefficient (Wildman–Crippen LogP) is 3.76. The largest absolute Gasteiger partial charge is 0.462 e. The smallest absolute Gasteiger partial charge is 0.323 e. The van der Waals surface area contributed by atoms with E-state index in [0.717, 1.165) is 23.0 Å². The van der Waals surface area contributed by atoms with Crippen LogP contribution in [0.25, 0.3) is 10.8 Å². The van der Waals surface area contributed by atoms with Gasteiger partial charge < -0.3 is 23.6 Å². The number of benzene rings is 2. The Labute approximate surface area is 245 Å². The summed E-state index contributed by atoms with van der Waals surface area (Å²) < 4.78 is 66.5. The van der Waals surface area contributed by atoms with Gasteiger partial charge in [-0.3, -0.25) is 19.3 Å². The Balaban J connectivity index is 1.62. The number of alkyl halides is 3. The number of carbonyl (C=O) groups is 3. The van der Waals surface area contributed by atoms with Gasteiger partial charge in [0.2, 0.25) is 5.91 Å². The molecule has 2 aliphatic rings. The van der Waals surface area contributed by atoms with E-state index < -0.39 is 80.0 Å². The van der Waals surface area contributed by atoms with E-state index >= 15 is 4.39 Å². The first-order chi connectivity index (χ1) is 19.7. The van der Waals surface area contributed by atoms with Crippen LogP contribution >= 0.6 is 6.64 Å². The zero-order chi connectivity index (χ0) is 30.8. The number of carbonyl (C=O) groups excluding carboxylic acids is 3. The lowest BCUT2D eigenvalue weighted by molar-refractivity contribution is -0.199. The number of amides is 1. The highest BCUT2D eigenvalue weighted by Gasteiger charge is 2.63. The molecule has 2 aromatic carbocycles. The third kappa shape index (κ3) is 6.85. The molecule has 0 bridgehead atoms. The van der Waals surface area contributed by atoms with Crippen LogP contribution in [0, 0.1) is 0 Å². The van der Waals surface area contributed by atoms with Crippen molar-refractivity contribution < 1.29 is 51.2 Å². The van der Waals surface area contributed by atoms with E-state index in [1.54, 1.807) is 38.1 Å². The van der Waals surface area contributed by atoms with Crippen LogP contribution in [0.15, 0.2) is 54.7 Å². The topological polar surface area (TPSA) is 124 Å². The molecule has 42 heavy (non-hydrogen) atoms. The zero-order valence-electron chi connectivity index (χ0n) is 22.8. The maximum Gasteiger partial charge on any atom is 0.323 e. The summed E-state index contributed by atoms with van der Waals surface area (Å²) in [6.07, 6.45) is -9.64. The van der Waals surface area contributed by atoms with Gasteiger partial charge in [-0.25, -0.2) is 18.3 Å². The lowest BCUT2D eigenvalue weighted by Gasteiger charge is -2.34. The first-order valence-corrected chi connectivity index (χ1v) is 15.6. The SMILES string of the molecule is CC(C)OC(=O)[C@H](C)NP(=S)(OC[C@@]1(C(F)F)O[C@@H](N2C=CC(=O)CC2=O)[C@H](F)[C@@H]1O)Oc1ccc2ccccc2c1. The molecule has 4 rings (SSSR count). The Bertz CT molecular complexity index is 1430. The van der Waals surface area contributed by atoms with Crippen LogP contribution < -0.4 is 9.61 Å². The highest BCUT2D eigenvalue weighted by molar-refractivity contribution is 8.09. The standard InChI is InChI=1S/C27H30F3N2O8PS/c1-15(2)38-25(36)16(3)31-41(42,40-20-9-8-17-6-4-5-7-18(17)12-20)37-14-27(26(29)30)23(35)22(28)24(39-27)32-11-10-19(33)13-21(32)34/h4-12,15-16,22-24,26,35H,13-14H2,1-3H3,(H,31,42)/t16-,22+,23-,24+,27+,41?/m0/s1. The molecule has 2 N–H and O–H groups in total. The quantitative estimate of drug-likeness (QED) is 0.216. The minimum Gasteiger partial charge on any atom is -0.462 e. The van der Waals surface area contributed by atoms with Gasteiger partial charge in [-0.2, -0.15) is 0 Å². The first-order valence-electron chi connectivity index (χ1n) is 13.0. The van der Waals surface area contributed by atoms with Gasteiger partial charge in [0.15, 0.2) is 23.8 Å². The number of esters is 1. The van der Waals surface area contributed by atoms with Gasteiger partial charge in [0.25, 0.3) is 6.43 Å². The second kappa shape index (κ2) is 12.8. The van der Waals surface area contributed by atoms with Crippen LogP contribution in [0.4, 0.5) is 13.2 Å². The van der Waals surface area contributed by atoms with Gasteiger partial charge in [0.1, 0.15) is 17.9 Å². The van der Waals surface area contributed by atoms with Crippen molar-refractivity contribution in [2.24, 2.45) is 0 Å². The summed E-state index contributed by atoms with van der Waals surface area (Å²) in [4.78, 5) is 37.0. The molecular formula is C27H30F3N2O8PS. The van der Waals surface area contributed by atoms with E-state index in [1.807, 2.05) is 18.2 Å². The molecular weight excluding hydrogens is 600 g/mol. The first kappa shape index (κ1) is 32.1. The van der Waals surface area contributed by atoms with Gasteiger partial charge in [-0.05, 0) is 61.6 Å². The molecule has 1 fully saturated rings. The third-order valence-corrected chi connectivity index (χ3v) is 9.04. The minimum absolute atomic E-state index is 0.183. The number of aliphatic hydroxyl groups is 1. The monoisotopic (exact) mass is 630 g/mol. The molecule has 1 amide bonds. The van der Waals surface area contributed by atoms with Crippen LogP contribution in [-0.2, 0) is 40.2 Å². The zero-order valence-corrected chi connectivity index (χ0v) is 24.5. The van der Waals surface area contributed by atoms with E-state index in [4.69, 9.17) is 30.3 Å². The normalized spacial score (nSPS) is 26.6. The Hall–Kier alpha value is -2.87. The lowest BCUT2D eigenvalue weighted by Crippen LogP contribution is -2.52. The van der Waals surface area contributed by atoms with Crippen molar-refractivity contribution in [1.29, 1.82) is 0 Å². The lowest BCUT2D eigenvalue weighted by atomic mass is 9.97. The molecule has 15 heteroatoms. The molecule has 0 aliphatic carbocycles. The van der Waals surface area contributed by atoms with Crippen LogP contribution in [0.5, 0.6) is 5.75 Å². The van der Waals surface area contributed by atoms with E-state index in [1.165, 1.54) is 6.92 Å². The number of ether oxygens (including phenoxy) is 2. The molecule has 0 radical (unpaired) electrons. The van der Waals surface area contributed by atoms with Gasteiger partial charge in [0, 0.05) is 6.20 Å². The Kier molecular flexibility index (Phi) is 9.75. The van der Waals surface area contributed by atoms with Crippen molar-refractivity contribution in [3.05, 3.63) is 54.7 Å². The summed E-state index contributed by atoms with van der Waals surface area (Å²) in [5.74, 6) is -1.99. The van der Waals surface area contributed by atoms with Crippen LogP contribution in [0.2, 0.25) is 0 Å². The van der Waals surface area contributed by atoms with Crippen molar-refractivity contribution in [2.45, 2.75) is 69.9 Å². The van der Waals surface area contributed by atoms with Crippen molar-refractivity contribution in [1.82, 2.24) is 9.99 Å². The second-order valence-electron chi connectivity index (χ2n) is 10.1. The minimum atomic E-state index is -3.93. The molecule has 0 aromatic heterocycles. The fourth-order valence-electron chi connectivity index (χ4n) is 4.39. The molecule has 228 valence electrons. The van der Waals surface area contributed by atoms with Crippen LogP contribution in [0.3, 0.4) is 0 Å². The Morgan fingerprint density at radius 2 is 1.90 bits per heavy atom. The van der Waals surface area contributed by atoms with E-state index in [2.05, 4.69) is 5.09 Å². The van der Waals surface area contributed by atoms with Gasteiger partial charge in [-0.15, -0.1) is 0 Å². The summed E-state index contributed by atoms with van der Waals surface area (Å²) in [5, 5.41) is 15.0. The molecule has 0 saturated carbocycles. The van der Waals surface area contributed by atoms with E-state index in [9.17, 15) is 28.3 Å². The number of allylic oxidation sites excluding steroid dienone is 1. The van der Waals surface area contributed by atoms with Gasteiger partial charge in [0.05, 0.1) is 19.1 Å². The highest BCUT2D eigenvalue weighted by atomic mass is 32.5. The number of rotatable bonds is 11. The molecule has 1 saturated heterocycles. The fraction of sp³-hybridized carbons (Fsp3) is 0.444. The molecule has 10 nitrogen and oxygen atoms in total. The van der Waals surface area contributed by atoms with E-state index in [-0.39, 0.29) is 5.75 Å². The summed E-state index contributed by atoms with van der Waals surface area (Å²) in [5.41, 5.74) is -2.99. The fourth-order valence-corrected chi connectivity index (χ4v) is 6.81. The number of hydrogen-bond acceptors (Lipinski definition) is 9. The van der Waals surface area contributed by atoms with Crippen molar-refractivity contribution in [3.8, 4) is 5.75 Å². The number of hydrogen-bond donors (Lipinski definition) is 2. The Morgan fingerprint density at radius 1 is 1.21 bits per heavy atom. The average molecular weight is 631 g/mol. The maximum atomic E-state index is 15.2. The van der Waals surface area contributed by atoms with Gasteiger partial charge in [-0.1, -0.05) is 30.3 Å². The third-order valence-electron chi connectivity index (χ3n) is 6.56. The number of halogens is 3. The van der Waals surface area contributed by atoms with Crippen LogP contribution in [0.1, 0.15) is 27.2 Å². The molecule has 6 atom stereocenters. The number of fused-ring (bicyclic) bond motifs is 1. The Morgan fingerprint density at radius 3 is 2.55 bits per heavy atom. The molecule has 1 unspecified atom stereocenters. The summed E-state index contributed by atoms with van der Waals surface area (Å²) >= 11 is 5.60. The van der Waals surface area contributed by atoms with Gasteiger partial charge >= 0.3 is 12.6 Å². The molecule has 2 aromatic rings. The highest BCUT2D eigenvalue weighted by Crippen LogP contribution is 2.49. The predicted molar refractivity (Wildman–Crippen MR) is 149 cm³/mol. The average Bonchev–Trinajstić information content (AvgIpc) is 3.17. The summed E-state index contributed by atoms with van der Waals surface area (Å²) in [6, 6.07) is 11.1. The van der Waals surface area contributed by atoms with Crippen molar-refractivity contribution in [3.63, 3.8) is 0 Å². The number of nitrogens with one attached hydrogen (secondary N) is 1. The molecule has 2 heterocycles. The van der Waals surface area contributed by atoms with Crippen molar-refractivity contribution >= 4 is 46.9 Å².